The fraction of sp³-hybridized carbons (Fsp3) is 0.381. The molecule has 2 rings (SSSR count). The lowest BCUT2D eigenvalue weighted by molar-refractivity contribution is -0.119. The van der Waals surface area contributed by atoms with Crippen LogP contribution >= 0.6 is 0 Å². The van der Waals surface area contributed by atoms with Crippen LogP contribution in [0.25, 0.3) is 0 Å². The van der Waals surface area contributed by atoms with Gasteiger partial charge in [0.2, 0.25) is 5.91 Å². The van der Waals surface area contributed by atoms with E-state index in [4.69, 9.17) is 14.2 Å². The fourth-order valence-electron chi connectivity index (χ4n) is 2.59. The van der Waals surface area contributed by atoms with Gasteiger partial charge in [-0.3, -0.25) is 4.79 Å². The average Bonchev–Trinajstić information content (AvgIpc) is 2.66. The van der Waals surface area contributed by atoms with Gasteiger partial charge in [0.15, 0.2) is 11.5 Å². The van der Waals surface area contributed by atoms with Crippen molar-refractivity contribution >= 4 is 11.6 Å². The topological polar surface area (TPSA) is 68.8 Å². The van der Waals surface area contributed by atoms with Crippen LogP contribution in [0.15, 0.2) is 42.5 Å². The molecule has 0 aliphatic heterocycles. The Morgan fingerprint density at radius 3 is 2.44 bits per heavy atom. The van der Waals surface area contributed by atoms with Gasteiger partial charge < -0.3 is 24.8 Å². The SMILES string of the molecule is COc1ccc(CCNC(=O)CNc2ccccc2OC(C)C)cc1OC. The van der Waals surface area contributed by atoms with Gasteiger partial charge in [0.1, 0.15) is 5.75 Å². The number of carbonyl (C=O) groups excluding carboxylic acids is 1. The van der Waals surface area contributed by atoms with E-state index < -0.39 is 0 Å². The number of hydrogen-bond acceptors (Lipinski definition) is 5. The molecule has 0 fully saturated rings. The Kier molecular flexibility index (Phi) is 7.79. The molecule has 0 bridgehead atoms. The second-order valence-electron chi connectivity index (χ2n) is 6.31. The molecule has 2 N–H and O–H groups in total. The van der Waals surface area contributed by atoms with Crippen LogP contribution in [0.4, 0.5) is 5.69 Å². The summed E-state index contributed by atoms with van der Waals surface area (Å²) in [6.45, 7) is 4.67. The summed E-state index contributed by atoms with van der Waals surface area (Å²) in [6.07, 6.45) is 0.780. The number of carbonyl (C=O) groups is 1. The number of hydrogen-bond donors (Lipinski definition) is 2. The van der Waals surface area contributed by atoms with Crippen molar-refractivity contribution in [1.82, 2.24) is 5.32 Å². The van der Waals surface area contributed by atoms with E-state index >= 15 is 0 Å². The van der Waals surface area contributed by atoms with E-state index in [1.807, 2.05) is 56.3 Å². The monoisotopic (exact) mass is 372 g/mol. The summed E-state index contributed by atoms with van der Waals surface area (Å²) in [5, 5.41) is 6.04. The molecule has 0 heterocycles. The van der Waals surface area contributed by atoms with Crippen molar-refractivity contribution in [3.8, 4) is 17.2 Å². The lowest BCUT2D eigenvalue weighted by atomic mass is 10.1. The van der Waals surface area contributed by atoms with Crippen molar-refractivity contribution in [2.24, 2.45) is 0 Å². The molecule has 27 heavy (non-hydrogen) atoms. The highest BCUT2D eigenvalue weighted by Crippen LogP contribution is 2.27. The molecule has 0 aliphatic carbocycles. The number of methoxy groups -OCH3 is 2. The van der Waals surface area contributed by atoms with E-state index in [0.717, 1.165) is 17.0 Å². The summed E-state index contributed by atoms with van der Waals surface area (Å²) < 4.78 is 16.3. The molecule has 0 spiro atoms. The van der Waals surface area contributed by atoms with E-state index in [0.29, 0.717) is 24.5 Å². The molecule has 6 heteroatoms. The Labute approximate surface area is 160 Å². The van der Waals surface area contributed by atoms with Crippen molar-refractivity contribution in [2.45, 2.75) is 26.4 Å². The predicted molar refractivity (Wildman–Crippen MR) is 107 cm³/mol. The van der Waals surface area contributed by atoms with Crippen molar-refractivity contribution in [2.75, 3.05) is 32.6 Å². The van der Waals surface area contributed by atoms with E-state index in [1.54, 1.807) is 14.2 Å². The molecule has 1 amide bonds. The van der Waals surface area contributed by atoms with E-state index in [9.17, 15) is 4.79 Å². The first-order chi connectivity index (χ1) is 13.0. The third-order valence-electron chi connectivity index (χ3n) is 3.87. The van der Waals surface area contributed by atoms with Gasteiger partial charge >= 0.3 is 0 Å². The number of nitrogens with one attached hydrogen (secondary N) is 2. The highest BCUT2D eigenvalue weighted by molar-refractivity contribution is 5.81. The third kappa shape index (κ3) is 6.40. The predicted octanol–water partition coefficient (Wildman–Crippen LogP) is 3.26. The number of benzene rings is 2. The maximum Gasteiger partial charge on any atom is 0.239 e. The normalized spacial score (nSPS) is 10.4. The van der Waals surface area contributed by atoms with Gasteiger partial charge in [-0.05, 0) is 50.1 Å². The van der Waals surface area contributed by atoms with Gasteiger partial charge in [-0.15, -0.1) is 0 Å². The minimum Gasteiger partial charge on any atom is -0.493 e. The van der Waals surface area contributed by atoms with Gasteiger partial charge in [0.05, 0.1) is 32.6 Å². The number of para-hydroxylation sites is 2. The molecule has 0 atom stereocenters. The first-order valence-corrected chi connectivity index (χ1v) is 9.00. The van der Waals surface area contributed by atoms with Gasteiger partial charge in [0.25, 0.3) is 0 Å². The molecule has 0 saturated carbocycles. The Morgan fingerprint density at radius 1 is 1.00 bits per heavy atom. The molecule has 2 aromatic rings. The highest BCUT2D eigenvalue weighted by Gasteiger charge is 2.08. The van der Waals surface area contributed by atoms with E-state index in [1.165, 1.54) is 0 Å². The second-order valence-corrected chi connectivity index (χ2v) is 6.31. The van der Waals surface area contributed by atoms with Gasteiger partial charge in [0, 0.05) is 6.54 Å². The summed E-state index contributed by atoms with van der Waals surface area (Å²) in [4.78, 5) is 12.1. The van der Waals surface area contributed by atoms with Crippen molar-refractivity contribution in [3.05, 3.63) is 48.0 Å². The van der Waals surface area contributed by atoms with Gasteiger partial charge in [-0.1, -0.05) is 18.2 Å². The zero-order chi connectivity index (χ0) is 19.6. The number of ether oxygens (including phenoxy) is 3. The highest BCUT2D eigenvalue weighted by atomic mass is 16.5. The fourth-order valence-corrected chi connectivity index (χ4v) is 2.59. The summed E-state index contributed by atoms with van der Waals surface area (Å²) in [7, 11) is 3.21. The summed E-state index contributed by atoms with van der Waals surface area (Å²) in [5.74, 6) is 2.04. The number of anilines is 1. The van der Waals surface area contributed by atoms with E-state index in [-0.39, 0.29) is 18.6 Å². The molecule has 0 aliphatic rings. The second kappa shape index (κ2) is 10.3. The molecule has 0 radical (unpaired) electrons. The molecular formula is C21H28N2O4. The molecule has 2 aromatic carbocycles. The zero-order valence-electron chi connectivity index (χ0n) is 16.4. The average molecular weight is 372 g/mol. The third-order valence-corrected chi connectivity index (χ3v) is 3.87. The van der Waals surface area contributed by atoms with Crippen LogP contribution in [0.3, 0.4) is 0 Å². The standard InChI is InChI=1S/C21H28N2O4/c1-15(2)27-18-8-6-5-7-17(18)23-14-21(24)22-12-11-16-9-10-19(25-3)20(13-16)26-4/h5-10,13,15,23H,11-12,14H2,1-4H3,(H,22,24). The van der Waals surface area contributed by atoms with Crippen LogP contribution in [0.5, 0.6) is 17.2 Å². The zero-order valence-corrected chi connectivity index (χ0v) is 16.4. The maximum atomic E-state index is 12.1. The van der Waals surface area contributed by atoms with E-state index in [2.05, 4.69) is 10.6 Å². The maximum absolute atomic E-state index is 12.1. The van der Waals surface area contributed by atoms with Crippen LogP contribution in [0, 0.1) is 0 Å². The molecule has 0 unspecified atom stereocenters. The van der Waals surface area contributed by atoms with Crippen LogP contribution in [-0.4, -0.2) is 39.3 Å². The number of amides is 1. The molecule has 0 aromatic heterocycles. The Morgan fingerprint density at radius 2 is 1.74 bits per heavy atom. The first-order valence-electron chi connectivity index (χ1n) is 9.00. The molecular weight excluding hydrogens is 344 g/mol. The first kappa shape index (κ1) is 20.4. The summed E-state index contributed by atoms with van der Waals surface area (Å²) >= 11 is 0. The molecule has 6 nitrogen and oxygen atoms in total. The van der Waals surface area contributed by atoms with Gasteiger partial charge in [-0.2, -0.15) is 0 Å². The quantitative estimate of drug-likeness (QED) is 0.670. The number of rotatable bonds is 10. The molecule has 0 saturated heterocycles. The van der Waals surface area contributed by atoms with Crippen molar-refractivity contribution in [1.29, 1.82) is 0 Å². The van der Waals surface area contributed by atoms with Crippen LogP contribution < -0.4 is 24.8 Å². The minimum atomic E-state index is -0.0742. The van der Waals surface area contributed by atoms with Crippen LogP contribution in [0.1, 0.15) is 19.4 Å². The Bertz CT molecular complexity index is 747. The van der Waals surface area contributed by atoms with Crippen LogP contribution in [0.2, 0.25) is 0 Å². The largest absolute Gasteiger partial charge is 0.493 e. The van der Waals surface area contributed by atoms with Gasteiger partial charge in [-0.25, -0.2) is 0 Å². The minimum absolute atomic E-state index is 0.0725. The molecule has 146 valence electrons. The van der Waals surface area contributed by atoms with Crippen molar-refractivity contribution in [3.63, 3.8) is 0 Å². The lowest BCUT2D eigenvalue weighted by Gasteiger charge is -2.15. The Hall–Kier alpha value is -2.89. The van der Waals surface area contributed by atoms with Crippen molar-refractivity contribution < 1.29 is 19.0 Å². The Balaban J connectivity index is 1.80. The summed E-state index contributed by atoms with van der Waals surface area (Å²) in [6, 6.07) is 13.3. The lowest BCUT2D eigenvalue weighted by Crippen LogP contribution is -2.31. The summed E-state index contributed by atoms with van der Waals surface area (Å²) in [5.41, 5.74) is 1.87. The smallest absolute Gasteiger partial charge is 0.239 e. The van der Waals surface area contributed by atoms with Crippen LogP contribution in [-0.2, 0) is 11.2 Å².